The van der Waals surface area contributed by atoms with Gasteiger partial charge in [-0.1, -0.05) is 12.1 Å². The van der Waals surface area contributed by atoms with E-state index in [1.165, 1.54) is 16.8 Å². The number of rotatable bonds is 2. The van der Waals surface area contributed by atoms with E-state index in [0.717, 1.165) is 32.0 Å². The molecule has 0 radical (unpaired) electrons. The topological polar surface area (TPSA) is 32.3 Å². The van der Waals surface area contributed by atoms with Gasteiger partial charge in [0, 0.05) is 38.1 Å². The van der Waals surface area contributed by atoms with E-state index in [2.05, 4.69) is 51.8 Å². The average molecular weight is 303 g/mol. The van der Waals surface area contributed by atoms with Gasteiger partial charge in [0.2, 0.25) is 5.28 Å². The molecular formula is C16H19ClN4. The molecule has 0 aliphatic carbocycles. The van der Waals surface area contributed by atoms with Crippen molar-refractivity contribution in [1.29, 1.82) is 0 Å². The first-order valence-corrected chi connectivity index (χ1v) is 7.57. The highest BCUT2D eigenvalue weighted by atomic mass is 35.5. The first-order valence-electron chi connectivity index (χ1n) is 7.20. The summed E-state index contributed by atoms with van der Waals surface area (Å²) in [4.78, 5) is 12.9. The van der Waals surface area contributed by atoms with E-state index in [1.807, 2.05) is 6.07 Å². The molecule has 5 heteroatoms. The monoisotopic (exact) mass is 302 g/mol. The minimum Gasteiger partial charge on any atom is -0.368 e. The number of halogens is 1. The van der Waals surface area contributed by atoms with Crippen LogP contribution in [0.1, 0.15) is 11.1 Å². The lowest BCUT2D eigenvalue weighted by atomic mass is 10.1. The highest BCUT2D eigenvalue weighted by Gasteiger charge is 2.19. The van der Waals surface area contributed by atoms with Crippen LogP contribution in [0.2, 0.25) is 5.28 Å². The lowest BCUT2D eigenvalue weighted by Gasteiger charge is -2.37. The van der Waals surface area contributed by atoms with E-state index in [4.69, 9.17) is 11.6 Å². The van der Waals surface area contributed by atoms with Crippen LogP contribution in [0.4, 0.5) is 11.5 Å². The van der Waals surface area contributed by atoms with Gasteiger partial charge in [-0.15, -0.1) is 0 Å². The highest BCUT2D eigenvalue weighted by Crippen LogP contribution is 2.25. The summed E-state index contributed by atoms with van der Waals surface area (Å²) in [5.74, 6) is 0.913. The number of hydrogen-bond donors (Lipinski definition) is 0. The van der Waals surface area contributed by atoms with Crippen LogP contribution in [0.15, 0.2) is 30.5 Å². The Morgan fingerprint density at radius 1 is 1.00 bits per heavy atom. The number of aromatic nitrogens is 2. The Balaban J connectivity index is 1.72. The molecule has 1 fully saturated rings. The van der Waals surface area contributed by atoms with Gasteiger partial charge in [0.15, 0.2) is 0 Å². The summed E-state index contributed by atoms with van der Waals surface area (Å²) < 4.78 is 0. The van der Waals surface area contributed by atoms with E-state index < -0.39 is 0 Å². The predicted molar refractivity (Wildman–Crippen MR) is 87.4 cm³/mol. The van der Waals surface area contributed by atoms with Gasteiger partial charge in [-0.3, -0.25) is 0 Å². The lowest BCUT2D eigenvalue weighted by Crippen LogP contribution is -2.47. The maximum Gasteiger partial charge on any atom is 0.224 e. The fourth-order valence-electron chi connectivity index (χ4n) is 2.76. The molecule has 21 heavy (non-hydrogen) atoms. The third-order valence-corrected chi connectivity index (χ3v) is 4.31. The van der Waals surface area contributed by atoms with Crippen molar-refractivity contribution in [2.75, 3.05) is 36.0 Å². The molecule has 1 aromatic carbocycles. The number of hydrogen-bond acceptors (Lipinski definition) is 4. The van der Waals surface area contributed by atoms with Crippen LogP contribution in [0.3, 0.4) is 0 Å². The molecule has 110 valence electrons. The quantitative estimate of drug-likeness (QED) is 0.798. The SMILES string of the molecule is Cc1cccc(N2CCN(c3ccnc(Cl)n3)CC2)c1C. The smallest absolute Gasteiger partial charge is 0.224 e. The van der Waals surface area contributed by atoms with E-state index in [9.17, 15) is 0 Å². The number of anilines is 2. The number of nitrogens with zero attached hydrogens (tertiary/aromatic N) is 4. The van der Waals surface area contributed by atoms with E-state index in [-0.39, 0.29) is 0 Å². The summed E-state index contributed by atoms with van der Waals surface area (Å²) in [5, 5.41) is 0.310. The van der Waals surface area contributed by atoms with Gasteiger partial charge in [0.1, 0.15) is 5.82 Å². The van der Waals surface area contributed by atoms with Gasteiger partial charge in [-0.2, -0.15) is 0 Å². The molecule has 1 aromatic heterocycles. The minimum absolute atomic E-state index is 0.310. The van der Waals surface area contributed by atoms with Crippen molar-refractivity contribution in [3.05, 3.63) is 46.9 Å². The van der Waals surface area contributed by atoms with Gasteiger partial charge in [-0.25, -0.2) is 9.97 Å². The molecule has 2 aromatic rings. The van der Waals surface area contributed by atoms with Crippen molar-refractivity contribution >= 4 is 23.1 Å². The van der Waals surface area contributed by atoms with Crippen molar-refractivity contribution in [2.24, 2.45) is 0 Å². The molecule has 1 aliphatic heterocycles. The molecule has 1 aliphatic rings. The molecule has 0 bridgehead atoms. The number of benzene rings is 1. The maximum atomic E-state index is 5.87. The second kappa shape index (κ2) is 5.90. The van der Waals surface area contributed by atoms with Gasteiger partial charge in [-0.05, 0) is 48.7 Å². The summed E-state index contributed by atoms with van der Waals surface area (Å²) in [5.41, 5.74) is 4.06. The van der Waals surface area contributed by atoms with E-state index in [0.29, 0.717) is 5.28 Å². The number of piperazine rings is 1. The minimum atomic E-state index is 0.310. The molecule has 2 heterocycles. The fraction of sp³-hybridized carbons (Fsp3) is 0.375. The second-order valence-corrected chi connectivity index (χ2v) is 5.72. The molecule has 1 saturated heterocycles. The van der Waals surface area contributed by atoms with E-state index in [1.54, 1.807) is 6.20 Å². The summed E-state index contributed by atoms with van der Waals surface area (Å²) in [6.45, 7) is 8.23. The van der Waals surface area contributed by atoms with Gasteiger partial charge in [0.05, 0.1) is 0 Å². The summed E-state index contributed by atoms with van der Waals surface area (Å²) in [6, 6.07) is 8.42. The van der Waals surface area contributed by atoms with Crippen LogP contribution >= 0.6 is 11.6 Å². The summed E-state index contributed by atoms with van der Waals surface area (Å²) in [7, 11) is 0. The van der Waals surface area contributed by atoms with Crippen molar-refractivity contribution in [3.8, 4) is 0 Å². The maximum absolute atomic E-state index is 5.87. The second-order valence-electron chi connectivity index (χ2n) is 5.38. The lowest BCUT2D eigenvalue weighted by molar-refractivity contribution is 0.645. The van der Waals surface area contributed by atoms with Gasteiger partial charge >= 0.3 is 0 Å². The van der Waals surface area contributed by atoms with Crippen molar-refractivity contribution < 1.29 is 0 Å². The third kappa shape index (κ3) is 2.95. The largest absolute Gasteiger partial charge is 0.368 e. The van der Waals surface area contributed by atoms with Crippen molar-refractivity contribution in [2.45, 2.75) is 13.8 Å². The zero-order valence-corrected chi connectivity index (χ0v) is 13.1. The van der Waals surface area contributed by atoms with E-state index >= 15 is 0 Å². The van der Waals surface area contributed by atoms with Crippen LogP contribution in [0.25, 0.3) is 0 Å². The molecule has 0 atom stereocenters. The Bertz CT molecular complexity index is 636. The molecule has 0 unspecified atom stereocenters. The van der Waals surface area contributed by atoms with Gasteiger partial charge in [0.25, 0.3) is 0 Å². The summed E-state index contributed by atoms with van der Waals surface area (Å²) in [6.07, 6.45) is 1.71. The molecule has 4 nitrogen and oxygen atoms in total. The van der Waals surface area contributed by atoms with Crippen molar-refractivity contribution in [1.82, 2.24) is 9.97 Å². The van der Waals surface area contributed by atoms with Crippen LogP contribution in [-0.2, 0) is 0 Å². The molecule has 0 amide bonds. The molecule has 0 N–H and O–H groups in total. The van der Waals surface area contributed by atoms with Crippen LogP contribution in [0, 0.1) is 13.8 Å². The molecule has 0 saturated carbocycles. The third-order valence-electron chi connectivity index (χ3n) is 4.13. The van der Waals surface area contributed by atoms with Crippen molar-refractivity contribution in [3.63, 3.8) is 0 Å². The average Bonchev–Trinajstić information content (AvgIpc) is 2.50. The Morgan fingerprint density at radius 2 is 1.71 bits per heavy atom. The Labute approximate surface area is 130 Å². The normalized spacial score (nSPS) is 15.4. The molecule has 3 rings (SSSR count). The standard InChI is InChI=1S/C16H19ClN4/c1-12-4-3-5-14(13(12)2)20-8-10-21(11-9-20)15-6-7-18-16(17)19-15/h3-7H,8-11H2,1-2H3. The van der Waals surface area contributed by atoms with Crippen LogP contribution < -0.4 is 9.80 Å². The zero-order valence-electron chi connectivity index (χ0n) is 12.4. The first-order chi connectivity index (χ1) is 10.1. The molecule has 0 spiro atoms. The zero-order chi connectivity index (χ0) is 14.8. The summed E-state index contributed by atoms with van der Waals surface area (Å²) >= 11 is 5.87. The number of aryl methyl sites for hydroxylation is 1. The van der Waals surface area contributed by atoms with Crippen LogP contribution in [0.5, 0.6) is 0 Å². The first kappa shape index (κ1) is 14.1. The molecular weight excluding hydrogens is 284 g/mol. The highest BCUT2D eigenvalue weighted by molar-refractivity contribution is 6.28. The Kier molecular flexibility index (Phi) is 3.97. The predicted octanol–water partition coefficient (Wildman–Crippen LogP) is 3.07. The van der Waals surface area contributed by atoms with Gasteiger partial charge < -0.3 is 9.80 Å². The van der Waals surface area contributed by atoms with Crippen LogP contribution in [-0.4, -0.2) is 36.1 Å². The Morgan fingerprint density at radius 3 is 2.43 bits per heavy atom. The Hall–Kier alpha value is -1.81. The fourth-order valence-corrected chi connectivity index (χ4v) is 2.90.